The summed E-state index contributed by atoms with van der Waals surface area (Å²) >= 11 is 0. The van der Waals surface area contributed by atoms with Crippen molar-refractivity contribution in [3.8, 4) is 0 Å². The number of nitrogens with one attached hydrogen (secondary N) is 1. The zero-order valence-corrected chi connectivity index (χ0v) is 11.0. The standard InChI is InChI=1S/C14H17F3N2O/c15-14(16,17)10-18-13(20)12(19-8-4-5-9-19)11-6-2-1-3-7-11/h1-3,6-7,12H,4-5,8-10H2,(H,18,20). The number of hydrogen-bond donors (Lipinski definition) is 1. The molecule has 3 nitrogen and oxygen atoms in total. The topological polar surface area (TPSA) is 32.3 Å². The Kier molecular flexibility index (Phi) is 4.65. The van der Waals surface area contributed by atoms with Crippen molar-refractivity contribution in [1.82, 2.24) is 10.2 Å². The highest BCUT2D eigenvalue weighted by Gasteiger charge is 2.33. The van der Waals surface area contributed by atoms with Crippen molar-refractivity contribution in [2.75, 3.05) is 19.6 Å². The minimum Gasteiger partial charge on any atom is -0.345 e. The Morgan fingerprint density at radius 3 is 2.35 bits per heavy atom. The first-order valence-corrected chi connectivity index (χ1v) is 6.61. The highest BCUT2D eigenvalue weighted by atomic mass is 19.4. The summed E-state index contributed by atoms with van der Waals surface area (Å²) in [5, 5.41) is 1.99. The summed E-state index contributed by atoms with van der Waals surface area (Å²) in [6.45, 7) is 0.182. The molecule has 1 aromatic carbocycles. The number of amides is 1. The number of carbonyl (C=O) groups excluding carboxylic acids is 1. The molecule has 1 N–H and O–H groups in total. The van der Waals surface area contributed by atoms with Gasteiger partial charge in [0.25, 0.3) is 0 Å². The molecule has 0 radical (unpaired) electrons. The molecule has 1 saturated heterocycles. The number of nitrogens with zero attached hydrogens (tertiary/aromatic N) is 1. The first-order valence-electron chi connectivity index (χ1n) is 6.61. The minimum absolute atomic E-state index is 0.588. The number of hydrogen-bond acceptors (Lipinski definition) is 2. The molecule has 2 rings (SSSR count). The van der Waals surface area contributed by atoms with Crippen LogP contribution in [0, 0.1) is 0 Å². The summed E-state index contributed by atoms with van der Waals surface area (Å²) in [5.74, 6) is -0.588. The van der Waals surface area contributed by atoms with Gasteiger partial charge in [-0.25, -0.2) is 0 Å². The molecule has 1 aromatic rings. The average Bonchev–Trinajstić information content (AvgIpc) is 2.91. The maximum atomic E-state index is 12.2. The average molecular weight is 286 g/mol. The van der Waals surface area contributed by atoms with Crippen LogP contribution in [-0.2, 0) is 4.79 Å². The van der Waals surface area contributed by atoms with Crippen molar-refractivity contribution in [1.29, 1.82) is 0 Å². The van der Waals surface area contributed by atoms with E-state index in [1.165, 1.54) is 0 Å². The van der Waals surface area contributed by atoms with Gasteiger partial charge < -0.3 is 5.32 Å². The van der Waals surface area contributed by atoms with Gasteiger partial charge in [-0.3, -0.25) is 9.69 Å². The van der Waals surface area contributed by atoms with Gasteiger partial charge in [0.1, 0.15) is 12.6 Å². The van der Waals surface area contributed by atoms with Crippen LogP contribution in [0.15, 0.2) is 30.3 Å². The molecule has 0 bridgehead atoms. The van der Waals surface area contributed by atoms with Crippen LogP contribution in [0.3, 0.4) is 0 Å². The van der Waals surface area contributed by atoms with Gasteiger partial charge in [-0.05, 0) is 31.5 Å². The Hall–Kier alpha value is -1.56. The van der Waals surface area contributed by atoms with Crippen LogP contribution >= 0.6 is 0 Å². The quantitative estimate of drug-likeness (QED) is 0.922. The van der Waals surface area contributed by atoms with E-state index in [0.29, 0.717) is 0 Å². The summed E-state index contributed by atoms with van der Waals surface area (Å²) in [6, 6.07) is 8.30. The summed E-state index contributed by atoms with van der Waals surface area (Å²) in [7, 11) is 0. The summed E-state index contributed by atoms with van der Waals surface area (Å²) in [5.41, 5.74) is 0.731. The molecule has 0 saturated carbocycles. The lowest BCUT2D eigenvalue weighted by molar-refractivity contribution is -0.141. The van der Waals surface area contributed by atoms with Crippen LogP contribution in [0.5, 0.6) is 0 Å². The fourth-order valence-corrected chi connectivity index (χ4v) is 2.45. The smallest absolute Gasteiger partial charge is 0.345 e. The molecule has 1 aliphatic rings. The lowest BCUT2D eigenvalue weighted by Crippen LogP contribution is -2.42. The largest absolute Gasteiger partial charge is 0.405 e. The molecule has 20 heavy (non-hydrogen) atoms. The molecule has 0 aliphatic carbocycles. The Bertz CT molecular complexity index is 441. The van der Waals surface area contributed by atoms with E-state index in [4.69, 9.17) is 0 Å². The second kappa shape index (κ2) is 6.26. The number of alkyl halides is 3. The first kappa shape index (κ1) is 14.8. The van der Waals surface area contributed by atoms with Gasteiger partial charge in [0, 0.05) is 0 Å². The van der Waals surface area contributed by atoms with Crippen LogP contribution in [0.2, 0.25) is 0 Å². The van der Waals surface area contributed by atoms with E-state index in [1.54, 1.807) is 24.3 Å². The van der Waals surface area contributed by atoms with Gasteiger partial charge in [-0.15, -0.1) is 0 Å². The van der Waals surface area contributed by atoms with E-state index in [1.807, 2.05) is 16.3 Å². The summed E-state index contributed by atoms with van der Waals surface area (Å²) in [4.78, 5) is 14.1. The fourth-order valence-electron chi connectivity index (χ4n) is 2.45. The SMILES string of the molecule is O=C(NCC(F)(F)F)C(c1ccccc1)N1CCCC1. The van der Waals surface area contributed by atoms with Crippen molar-refractivity contribution >= 4 is 5.91 Å². The fraction of sp³-hybridized carbons (Fsp3) is 0.500. The Morgan fingerprint density at radius 2 is 1.80 bits per heavy atom. The van der Waals surface area contributed by atoms with Gasteiger partial charge in [0.2, 0.25) is 5.91 Å². The lowest BCUT2D eigenvalue weighted by atomic mass is 10.0. The van der Waals surface area contributed by atoms with Crippen LogP contribution < -0.4 is 5.32 Å². The number of likely N-dealkylation sites (tertiary alicyclic amines) is 1. The van der Waals surface area contributed by atoms with Gasteiger partial charge in [-0.1, -0.05) is 30.3 Å². The minimum atomic E-state index is -4.39. The molecule has 1 heterocycles. The maximum Gasteiger partial charge on any atom is 0.405 e. The molecular formula is C14H17F3N2O. The van der Waals surface area contributed by atoms with E-state index in [2.05, 4.69) is 0 Å². The maximum absolute atomic E-state index is 12.2. The summed E-state index contributed by atoms with van der Waals surface area (Å²) in [6.07, 6.45) is -2.45. The molecule has 1 aliphatic heterocycles. The highest BCUT2D eigenvalue weighted by molar-refractivity contribution is 5.83. The predicted octanol–water partition coefficient (Wildman–Crippen LogP) is 2.50. The molecule has 1 amide bonds. The first-order chi connectivity index (χ1) is 9.47. The predicted molar refractivity (Wildman–Crippen MR) is 69.1 cm³/mol. The molecule has 6 heteroatoms. The van der Waals surface area contributed by atoms with Crippen molar-refractivity contribution < 1.29 is 18.0 Å². The Labute approximate surface area is 115 Å². The molecule has 1 unspecified atom stereocenters. The second-order valence-corrected chi connectivity index (χ2v) is 4.89. The zero-order valence-electron chi connectivity index (χ0n) is 11.0. The van der Waals surface area contributed by atoms with Crippen molar-refractivity contribution in [3.63, 3.8) is 0 Å². The molecular weight excluding hydrogens is 269 g/mol. The van der Waals surface area contributed by atoms with Crippen molar-refractivity contribution in [2.45, 2.75) is 25.1 Å². The van der Waals surface area contributed by atoms with Gasteiger partial charge in [0.15, 0.2) is 0 Å². The molecule has 110 valence electrons. The Balaban J connectivity index is 2.12. The van der Waals surface area contributed by atoms with Crippen molar-refractivity contribution in [3.05, 3.63) is 35.9 Å². The van der Waals surface area contributed by atoms with Crippen LogP contribution in [0.4, 0.5) is 13.2 Å². The van der Waals surface area contributed by atoms with Gasteiger partial charge >= 0.3 is 6.18 Å². The van der Waals surface area contributed by atoms with E-state index in [-0.39, 0.29) is 0 Å². The van der Waals surface area contributed by atoms with Crippen LogP contribution in [-0.4, -0.2) is 36.6 Å². The van der Waals surface area contributed by atoms with Crippen LogP contribution in [0.1, 0.15) is 24.4 Å². The monoisotopic (exact) mass is 286 g/mol. The normalized spacial score (nSPS) is 17.9. The summed E-state index contributed by atoms with van der Waals surface area (Å²) < 4.78 is 36.7. The van der Waals surface area contributed by atoms with Crippen LogP contribution in [0.25, 0.3) is 0 Å². The third-order valence-corrected chi connectivity index (χ3v) is 3.33. The third-order valence-electron chi connectivity index (χ3n) is 3.33. The zero-order chi connectivity index (χ0) is 14.6. The number of rotatable bonds is 4. The molecule has 0 aromatic heterocycles. The van der Waals surface area contributed by atoms with E-state index in [9.17, 15) is 18.0 Å². The highest BCUT2D eigenvalue weighted by Crippen LogP contribution is 2.25. The lowest BCUT2D eigenvalue weighted by Gasteiger charge is -2.27. The molecule has 1 fully saturated rings. The Morgan fingerprint density at radius 1 is 1.20 bits per heavy atom. The second-order valence-electron chi connectivity index (χ2n) is 4.89. The van der Waals surface area contributed by atoms with Gasteiger partial charge in [-0.2, -0.15) is 13.2 Å². The van der Waals surface area contributed by atoms with E-state index >= 15 is 0 Å². The number of halogens is 3. The molecule has 0 spiro atoms. The molecule has 1 atom stereocenters. The van der Waals surface area contributed by atoms with E-state index < -0.39 is 24.7 Å². The van der Waals surface area contributed by atoms with Gasteiger partial charge in [0.05, 0.1) is 0 Å². The number of benzene rings is 1. The van der Waals surface area contributed by atoms with E-state index in [0.717, 1.165) is 31.5 Å². The third kappa shape index (κ3) is 3.96. The van der Waals surface area contributed by atoms with Crippen molar-refractivity contribution in [2.24, 2.45) is 0 Å². The number of carbonyl (C=O) groups is 1.